The zero-order valence-corrected chi connectivity index (χ0v) is 13.3. The number of aromatic nitrogens is 3. The van der Waals surface area contributed by atoms with Crippen molar-refractivity contribution in [2.24, 2.45) is 0 Å². The molecule has 3 rings (SSSR count). The van der Waals surface area contributed by atoms with E-state index in [-0.39, 0.29) is 0 Å². The second-order valence-corrected chi connectivity index (χ2v) is 6.09. The van der Waals surface area contributed by atoms with E-state index in [1.54, 1.807) is 18.0 Å². The van der Waals surface area contributed by atoms with E-state index in [4.69, 9.17) is 0 Å². The highest BCUT2D eigenvalue weighted by molar-refractivity contribution is 7.99. The highest BCUT2D eigenvalue weighted by Crippen LogP contribution is 2.21. The third-order valence-electron chi connectivity index (χ3n) is 3.21. The molecule has 0 fully saturated rings. The molecule has 0 aliphatic carbocycles. The van der Waals surface area contributed by atoms with Gasteiger partial charge in [0.05, 0.1) is 0 Å². The number of nitrogens with zero attached hydrogens (tertiary/aromatic N) is 3. The molecule has 0 atom stereocenters. The lowest BCUT2D eigenvalue weighted by atomic mass is 10.2. The number of benzene rings is 1. The second kappa shape index (κ2) is 7.18. The van der Waals surface area contributed by atoms with Gasteiger partial charge in [0.1, 0.15) is 10.7 Å². The van der Waals surface area contributed by atoms with Crippen LogP contribution in [0.15, 0.2) is 65.8 Å². The zero-order chi connectivity index (χ0) is 15.2. The van der Waals surface area contributed by atoms with Crippen LogP contribution in [0.4, 0.5) is 0 Å². The van der Waals surface area contributed by atoms with Gasteiger partial charge in [0.15, 0.2) is 5.82 Å². The van der Waals surface area contributed by atoms with E-state index in [1.165, 1.54) is 5.56 Å². The van der Waals surface area contributed by atoms with Gasteiger partial charge in [-0.1, -0.05) is 36.4 Å². The van der Waals surface area contributed by atoms with Crippen LogP contribution >= 0.6 is 11.8 Å². The number of thioether (sulfide) groups is 1. The van der Waals surface area contributed by atoms with Crippen molar-refractivity contribution in [2.45, 2.75) is 18.4 Å². The second-order valence-electron chi connectivity index (χ2n) is 4.97. The van der Waals surface area contributed by atoms with Gasteiger partial charge in [-0.25, -0.2) is 9.97 Å². The molecule has 3 aromatic rings. The van der Waals surface area contributed by atoms with Gasteiger partial charge in [-0.3, -0.25) is 4.98 Å². The summed E-state index contributed by atoms with van der Waals surface area (Å²) in [6.45, 7) is 2.00. The van der Waals surface area contributed by atoms with E-state index >= 15 is 0 Å². The van der Waals surface area contributed by atoms with Crippen molar-refractivity contribution < 1.29 is 0 Å². The van der Waals surface area contributed by atoms with Crippen molar-refractivity contribution >= 4 is 11.8 Å². The average molecular weight is 307 g/mol. The minimum atomic E-state index is 0.697. The van der Waals surface area contributed by atoms with Gasteiger partial charge < -0.3 is 0 Å². The van der Waals surface area contributed by atoms with Crippen molar-refractivity contribution in [3.63, 3.8) is 0 Å². The fourth-order valence-electron chi connectivity index (χ4n) is 2.14. The van der Waals surface area contributed by atoms with Crippen LogP contribution in [-0.4, -0.2) is 20.7 Å². The molecule has 2 heterocycles. The largest absolute Gasteiger partial charge is 0.253 e. The Labute approximate surface area is 134 Å². The topological polar surface area (TPSA) is 38.7 Å². The fourth-order valence-corrected chi connectivity index (χ4v) is 3.09. The lowest BCUT2D eigenvalue weighted by molar-refractivity contribution is 1.00. The van der Waals surface area contributed by atoms with Crippen molar-refractivity contribution in [1.29, 1.82) is 0 Å². The maximum absolute atomic E-state index is 4.62. The molecule has 0 spiro atoms. The van der Waals surface area contributed by atoms with Crippen LogP contribution in [0.5, 0.6) is 0 Å². The summed E-state index contributed by atoms with van der Waals surface area (Å²) >= 11 is 1.76. The molecule has 0 aliphatic rings. The molecular weight excluding hydrogens is 290 g/mol. The van der Waals surface area contributed by atoms with Gasteiger partial charge in [-0.15, -0.1) is 11.8 Å². The minimum absolute atomic E-state index is 0.697. The van der Waals surface area contributed by atoms with Crippen molar-refractivity contribution in [2.75, 3.05) is 5.75 Å². The standard InChI is InChI=1S/C18H17N3S/c1-14-13-17(22-12-10-15-7-3-2-4-8-15)21-18(20-14)16-9-5-6-11-19-16/h2-9,11,13H,10,12H2,1H3. The quantitative estimate of drug-likeness (QED) is 0.523. The number of aryl methyl sites for hydroxylation is 2. The summed E-state index contributed by atoms with van der Waals surface area (Å²) in [5.41, 5.74) is 3.14. The minimum Gasteiger partial charge on any atom is -0.253 e. The molecule has 0 N–H and O–H groups in total. The molecule has 1 aromatic carbocycles. The third-order valence-corrected chi connectivity index (χ3v) is 4.12. The van der Waals surface area contributed by atoms with E-state index < -0.39 is 0 Å². The molecule has 0 unspecified atom stereocenters. The third kappa shape index (κ3) is 3.92. The van der Waals surface area contributed by atoms with Gasteiger partial charge in [-0.2, -0.15) is 0 Å². The number of hydrogen-bond acceptors (Lipinski definition) is 4. The molecule has 2 aromatic heterocycles. The Hall–Kier alpha value is -2.20. The lowest BCUT2D eigenvalue weighted by Gasteiger charge is -2.05. The van der Waals surface area contributed by atoms with Crippen LogP contribution in [0.2, 0.25) is 0 Å². The summed E-state index contributed by atoms with van der Waals surface area (Å²) in [6, 6.07) is 18.3. The van der Waals surface area contributed by atoms with Gasteiger partial charge in [0.2, 0.25) is 0 Å². The Morgan fingerprint density at radius 3 is 2.55 bits per heavy atom. The highest BCUT2D eigenvalue weighted by Gasteiger charge is 2.06. The Kier molecular flexibility index (Phi) is 4.81. The first-order valence-corrected chi connectivity index (χ1v) is 8.23. The molecule has 3 nitrogen and oxygen atoms in total. The molecule has 0 saturated carbocycles. The first-order chi connectivity index (χ1) is 10.8. The van der Waals surface area contributed by atoms with Crippen LogP contribution in [0, 0.1) is 6.92 Å². The van der Waals surface area contributed by atoms with E-state index in [0.717, 1.165) is 28.6 Å². The molecule has 4 heteroatoms. The monoisotopic (exact) mass is 307 g/mol. The number of rotatable bonds is 5. The average Bonchev–Trinajstić information content (AvgIpc) is 2.56. The van der Waals surface area contributed by atoms with E-state index in [9.17, 15) is 0 Å². The molecule has 0 aliphatic heterocycles. The predicted octanol–water partition coefficient (Wildman–Crippen LogP) is 4.18. The number of pyridine rings is 1. The van der Waals surface area contributed by atoms with Crippen molar-refractivity contribution in [3.05, 3.63) is 72.1 Å². The summed E-state index contributed by atoms with van der Waals surface area (Å²) in [7, 11) is 0. The molecular formula is C18H17N3S. The summed E-state index contributed by atoms with van der Waals surface area (Å²) in [6.07, 6.45) is 2.80. The van der Waals surface area contributed by atoms with Crippen LogP contribution in [-0.2, 0) is 6.42 Å². The van der Waals surface area contributed by atoms with Crippen LogP contribution in [0.3, 0.4) is 0 Å². The van der Waals surface area contributed by atoms with Crippen LogP contribution < -0.4 is 0 Å². The van der Waals surface area contributed by atoms with Gasteiger partial charge in [0.25, 0.3) is 0 Å². The predicted molar refractivity (Wildman–Crippen MR) is 90.9 cm³/mol. The first kappa shape index (κ1) is 14.7. The molecule has 0 bridgehead atoms. The smallest absolute Gasteiger partial charge is 0.179 e. The Balaban J connectivity index is 1.70. The maximum Gasteiger partial charge on any atom is 0.179 e. The maximum atomic E-state index is 4.62. The Morgan fingerprint density at radius 2 is 1.77 bits per heavy atom. The van der Waals surface area contributed by atoms with Crippen molar-refractivity contribution in [1.82, 2.24) is 15.0 Å². The molecule has 110 valence electrons. The van der Waals surface area contributed by atoms with Gasteiger partial charge >= 0.3 is 0 Å². The Bertz CT molecular complexity index is 730. The van der Waals surface area contributed by atoms with Gasteiger partial charge in [-0.05, 0) is 37.1 Å². The number of hydrogen-bond donors (Lipinski definition) is 0. The summed E-state index contributed by atoms with van der Waals surface area (Å²) in [5.74, 6) is 1.70. The SMILES string of the molecule is Cc1cc(SCCc2ccccc2)nc(-c2ccccn2)n1. The summed E-state index contributed by atoms with van der Waals surface area (Å²) < 4.78 is 0. The summed E-state index contributed by atoms with van der Waals surface area (Å²) in [4.78, 5) is 13.4. The lowest BCUT2D eigenvalue weighted by Crippen LogP contribution is -1.96. The zero-order valence-electron chi connectivity index (χ0n) is 12.4. The van der Waals surface area contributed by atoms with Crippen molar-refractivity contribution in [3.8, 4) is 11.5 Å². The van der Waals surface area contributed by atoms with E-state index in [1.807, 2.05) is 37.3 Å². The summed E-state index contributed by atoms with van der Waals surface area (Å²) in [5, 5.41) is 1.00. The molecule has 22 heavy (non-hydrogen) atoms. The van der Waals surface area contributed by atoms with Crippen LogP contribution in [0.1, 0.15) is 11.3 Å². The normalized spacial score (nSPS) is 10.6. The molecule has 0 amide bonds. The van der Waals surface area contributed by atoms with E-state index in [2.05, 4.69) is 39.2 Å². The van der Waals surface area contributed by atoms with Gasteiger partial charge in [0, 0.05) is 17.6 Å². The first-order valence-electron chi connectivity index (χ1n) is 7.25. The van der Waals surface area contributed by atoms with E-state index in [0.29, 0.717) is 5.82 Å². The Morgan fingerprint density at radius 1 is 0.955 bits per heavy atom. The highest BCUT2D eigenvalue weighted by atomic mass is 32.2. The van der Waals surface area contributed by atoms with Crippen LogP contribution in [0.25, 0.3) is 11.5 Å². The molecule has 0 saturated heterocycles. The fraction of sp³-hybridized carbons (Fsp3) is 0.167. The molecule has 0 radical (unpaired) electrons.